The molecule has 0 atom stereocenters. The number of hydrogen-bond donors (Lipinski definition) is 1. The molecule has 5 nitrogen and oxygen atoms in total. The van der Waals surface area contributed by atoms with E-state index in [9.17, 15) is 10.1 Å². The van der Waals surface area contributed by atoms with Crippen molar-refractivity contribution < 1.29 is 9.53 Å². The molecule has 1 fully saturated rings. The summed E-state index contributed by atoms with van der Waals surface area (Å²) < 4.78 is 5.44. The van der Waals surface area contributed by atoms with Gasteiger partial charge in [-0.2, -0.15) is 5.26 Å². The van der Waals surface area contributed by atoms with Crippen molar-refractivity contribution in [3.05, 3.63) is 75.5 Å². The van der Waals surface area contributed by atoms with Crippen molar-refractivity contribution >= 4 is 22.8 Å². The predicted octanol–water partition coefficient (Wildman–Crippen LogP) is 4.82. The molecular formula is C28H29N3O2. The molecule has 2 aromatic carbocycles. The largest absolute Gasteiger partial charge is 0.379 e. The van der Waals surface area contributed by atoms with Crippen LogP contribution in [0.1, 0.15) is 64.6 Å². The van der Waals surface area contributed by atoms with Gasteiger partial charge in [0, 0.05) is 47.2 Å². The monoisotopic (exact) mass is 439 g/mol. The number of hydrogen-bond acceptors (Lipinski definition) is 4. The fraction of sp³-hybridized carbons (Fsp3) is 0.357. The molecular weight excluding hydrogens is 410 g/mol. The SMILES string of the molecule is CCc1cc2c(cc1C=CCN1CCOCC1)C(C)(C)c1[nH]c3cc(C#N)ccc3c1C2=O. The second-order valence-electron chi connectivity index (χ2n) is 9.47. The second-order valence-corrected chi connectivity index (χ2v) is 9.47. The Balaban J connectivity index is 1.57. The molecule has 1 aromatic heterocycles. The summed E-state index contributed by atoms with van der Waals surface area (Å²) in [7, 11) is 0. The van der Waals surface area contributed by atoms with Gasteiger partial charge in [0.2, 0.25) is 0 Å². The van der Waals surface area contributed by atoms with Gasteiger partial charge in [0.25, 0.3) is 0 Å². The van der Waals surface area contributed by atoms with Crippen molar-refractivity contribution in [2.45, 2.75) is 32.6 Å². The number of nitrogens with one attached hydrogen (secondary N) is 1. The zero-order valence-electron chi connectivity index (χ0n) is 19.5. The average molecular weight is 440 g/mol. The van der Waals surface area contributed by atoms with Crippen LogP contribution in [0.15, 0.2) is 36.4 Å². The molecule has 0 unspecified atom stereocenters. The molecule has 0 radical (unpaired) electrons. The maximum absolute atomic E-state index is 13.7. The molecule has 5 heteroatoms. The number of ether oxygens (including phenoxy) is 1. The van der Waals surface area contributed by atoms with Crippen LogP contribution in [0.5, 0.6) is 0 Å². The normalized spacial score (nSPS) is 17.8. The molecule has 1 aliphatic carbocycles. The first-order valence-electron chi connectivity index (χ1n) is 11.7. The Labute approximate surface area is 194 Å². The number of aryl methyl sites for hydroxylation is 1. The van der Waals surface area contributed by atoms with Crippen molar-refractivity contribution in [2.75, 3.05) is 32.8 Å². The van der Waals surface area contributed by atoms with Gasteiger partial charge < -0.3 is 9.72 Å². The topological polar surface area (TPSA) is 69.1 Å². The average Bonchev–Trinajstić information content (AvgIpc) is 3.23. The summed E-state index contributed by atoms with van der Waals surface area (Å²) in [6.45, 7) is 10.9. The molecule has 168 valence electrons. The number of nitrogens with zero attached hydrogens (tertiary/aromatic N) is 2. The van der Waals surface area contributed by atoms with E-state index < -0.39 is 0 Å². The first kappa shape index (κ1) is 21.6. The predicted molar refractivity (Wildman–Crippen MR) is 131 cm³/mol. The highest BCUT2D eigenvalue weighted by atomic mass is 16.5. The molecule has 1 aliphatic heterocycles. The van der Waals surface area contributed by atoms with E-state index in [0.717, 1.165) is 72.6 Å². The van der Waals surface area contributed by atoms with Crippen LogP contribution in [0.25, 0.3) is 17.0 Å². The number of rotatable bonds is 4. The maximum atomic E-state index is 13.7. The summed E-state index contributed by atoms with van der Waals surface area (Å²) in [5.74, 6) is 0.0637. The first-order valence-corrected chi connectivity index (χ1v) is 11.7. The Morgan fingerprint density at radius 2 is 2.00 bits per heavy atom. The highest BCUT2D eigenvalue weighted by Gasteiger charge is 2.40. The number of aromatic nitrogens is 1. The fourth-order valence-electron chi connectivity index (χ4n) is 5.18. The molecule has 2 heterocycles. The van der Waals surface area contributed by atoms with Gasteiger partial charge in [-0.15, -0.1) is 0 Å². The lowest BCUT2D eigenvalue weighted by Crippen LogP contribution is -2.36. The summed E-state index contributed by atoms with van der Waals surface area (Å²) in [6, 6.07) is 12.0. The van der Waals surface area contributed by atoms with Crippen molar-refractivity contribution in [3.8, 4) is 6.07 Å². The third-order valence-corrected chi connectivity index (χ3v) is 7.12. The molecule has 5 rings (SSSR count). The van der Waals surface area contributed by atoms with E-state index in [0.29, 0.717) is 5.56 Å². The van der Waals surface area contributed by atoms with Crippen LogP contribution in [0, 0.1) is 11.3 Å². The van der Waals surface area contributed by atoms with Gasteiger partial charge in [-0.05, 0) is 47.4 Å². The summed E-state index contributed by atoms with van der Waals surface area (Å²) in [4.78, 5) is 19.6. The molecule has 1 N–H and O–H groups in total. The van der Waals surface area contributed by atoms with Crippen molar-refractivity contribution in [2.24, 2.45) is 0 Å². The van der Waals surface area contributed by atoms with E-state index in [4.69, 9.17) is 4.74 Å². The minimum absolute atomic E-state index is 0.0637. The van der Waals surface area contributed by atoms with Gasteiger partial charge in [-0.1, -0.05) is 39.0 Å². The number of morpholine rings is 1. The van der Waals surface area contributed by atoms with E-state index in [1.165, 1.54) is 11.1 Å². The van der Waals surface area contributed by atoms with Crippen LogP contribution in [0.2, 0.25) is 0 Å². The minimum atomic E-state index is -0.358. The van der Waals surface area contributed by atoms with Crippen LogP contribution in [-0.4, -0.2) is 48.5 Å². The van der Waals surface area contributed by atoms with Crippen LogP contribution in [-0.2, 0) is 16.6 Å². The lowest BCUT2D eigenvalue weighted by Gasteiger charge is -2.33. The molecule has 1 saturated heterocycles. The second kappa shape index (κ2) is 8.30. The lowest BCUT2D eigenvalue weighted by atomic mass is 9.70. The summed E-state index contributed by atoms with van der Waals surface area (Å²) in [5.41, 5.74) is 6.95. The number of nitriles is 1. The Bertz CT molecular complexity index is 1320. The zero-order chi connectivity index (χ0) is 23.2. The van der Waals surface area contributed by atoms with Gasteiger partial charge in [-0.3, -0.25) is 9.69 Å². The number of ketones is 1. The highest BCUT2D eigenvalue weighted by molar-refractivity contribution is 6.20. The maximum Gasteiger partial charge on any atom is 0.195 e. The van der Waals surface area contributed by atoms with E-state index >= 15 is 0 Å². The van der Waals surface area contributed by atoms with Crippen LogP contribution >= 0.6 is 0 Å². The zero-order valence-corrected chi connectivity index (χ0v) is 19.5. The van der Waals surface area contributed by atoms with Gasteiger partial charge in [0.15, 0.2) is 5.78 Å². The summed E-state index contributed by atoms with van der Waals surface area (Å²) in [5, 5.41) is 10.2. The minimum Gasteiger partial charge on any atom is -0.379 e. The van der Waals surface area contributed by atoms with Gasteiger partial charge in [-0.25, -0.2) is 0 Å². The highest BCUT2D eigenvalue weighted by Crippen LogP contribution is 2.44. The molecule has 0 bridgehead atoms. The number of benzene rings is 2. The van der Waals surface area contributed by atoms with E-state index in [1.807, 2.05) is 12.1 Å². The van der Waals surface area contributed by atoms with Crippen molar-refractivity contribution in [1.29, 1.82) is 5.26 Å². The molecule has 33 heavy (non-hydrogen) atoms. The van der Waals surface area contributed by atoms with E-state index in [2.05, 4.69) is 61.0 Å². The van der Waals surface area contributed by atoms with Crippen LogP contribution in [0.4, 0.5) is 0 Å². The Kier molecular flexibility index (Phi) is 5.44. The molecule has 0 saturated carbocycles. The quantitative estimate of drug-likeness (QED) is 0.633. The Morgan fingerprint density at radius 3 is 2.73 bits per heavy atom. The standard InChI is InChI=1S/C28H29N3O2/c1-4-19-15-22-23(16-20(19)6-5-9-31-10-12-33-13-11-31)28(2,3)27-25(26(22)32)21-8-7-18(17-29)14-24(21)30-27/h5-8,14-16,30H,4,9-13H2,1-3H3. The van der Waals surface area contributed by atoms with Crippen molar-refractivity contribution in [3.63, 3.8) is 0 Å². The molecule has 2 aliphatic rings. The Hall–Kier alpha value is -3.20. The first-order chi connectivity index (χ1) is 15.9. The van der Waals surface area contributed by atoms with Crippen LogP contribution < -0.4 is 0 Å². The van der Waals surface area contributed by atoms with Crippen LogP contribution in [0.3, 0.4) is 0 Å². The van der Waals surface area contributed by atoms with Gasteiger partial charge in [0.05, 0.1) is 30.4 Å². The lowest BCUT2D eigenvalue weighted by molar-refractivity contribution is 0.0435. The van der Waals surface area contributed by atoms with Gasteiger partial charge >= 0.3 is 0 Å². The molecule has 0 spiro atoms. The summed E-state index contributed by atoms with van der Waals surface area (Å²) >= 11 is 0. The third-order valence-electron chi connectivity index (χ3n) is 7.12. The number of carbonyl (C=O) groups is 1. The van der Waals surface area contributed by atoms with Gasteiger partial charge in [0.1, 0.15) is 0 Å². The van der Waals surface area contributed by atoms with E-state index in [1.54, 1.807) is 6.07 Å². The van der Waals surface area contributed by atoms with Crippen molar-refractivity contribution in [1.82, 2.24) is 9.88 Å². The Morgan fingerprint density at radius 1 is 1.21 bits per heavy atom. The number of aromatic amines is 1. The number of fused-ring (bicyclic) bond motifs is 4. The summed E-state index contributed by atoms with van der Waals surface area (Å²) in [6.07, 6.45) is 5.29. The van der Waals surface area contributed by atoms with E-state index in [-0.39, 0.29) is 11.2 Å². The number of H-pyrrole nitrogens is 1. The smallest absolute Gasteiger partial charge is 0.195 e. The number of carbonyl (C=O) groups excluding carboxylic acids is 1. The molecule has 0 amide bonds. The third kappa shape index (κ3) is 3.60. The fourth-order valence-corrected chi connectivity index (χ4v) is 5.18. The molecule has 3 aromatic rings.